The van der Waals surface area contributed by atoms with Crippen molar-refractivity contribution < 1.29 is 0 Å². The van der Waals surface area contributed by atoms with E-state index in [0.717, 1.165) is 49.5 Å². The minimum atomic E-state index is 0.899. The molecule has 1 saturated heterocycles. The molecule has 1 N–H and O–H groups in total. The fourth-order valence-electron chi connectivity index (χ4n) is 4.72. The number of piperidine rings is 1. The molecule has 1 aliphatic rings. The summed E-state index contributed by atoms with van der Waals surface area (Å²) < 4.78 is 2.23. The molecular formula is C28H33N5. The Kier molecular flexibility index (Phi) is 6.29. The molecule has 5 nitrogen and oxygen atoms in total. The smallest absolute Gasteiger partial charge is 0.128 e. The predicted molar refractivity (Wildman–Crippen MR) is 138 cm³/mol. The van der Waals surface area contributed by atoms with Crippen LogP contribution >= 0.6 is 0 Å². The molecule has 1 aromatic carbocycles. The van der Waals surface area contributed by atoms with Gasteiger partial charge in [-0.05, 0) is 91.9 Å². The number of hydrogen-bond acceptors (Lipinski definition) is 4. The van der Waals surface area contributed by atoms with E-state index in [4.69, 9.17) is 0 Å². The topological polar surface area (TPSA) is 46.0 Å². The predicted octanol–water partition coefficient (Wildman–Crippen LogP) is 5.98. The second-order valence-corrected chi connectivity index (χ2v) is 9.15. The fraction of sp³-hybridized carbons (Fsp3) is 0.357. The van der Waals surface area contributed by atoms with Crippen LogP contribution in [0.4, 0.5) is 11.6 Å². The van der Waals surface area contributed by atoms with E-state index in [0.29, 0.717) is 0 Å². The third kappa shape index (κ3) is 4.87. The molecule has 170 valence electrons. The number of hydrogen-bond donors (Lipinski definition) is 1. The number of benzene rings is 1. The maximum atomic E-state index is 4.62. The molecular weight excluding hydrogens is 406 g/mol. The van der Waals surface area contributed by atoms with E-state index < -0.39 is 0 Å². The largest absolute Gasteiger partial charge is 0.370 e. The summed E-state index contributed by atoms with van der Waals surface area (Å²) in [7, 11) is 2.12. The van der Waals surface area contributed by atoms with Crippen LogP contribution in [0.15, 0.2) is 60.9 Å². The Morgan fingerprint density at radius 3 is 2.61 bits per heavy atom. The molecule has 0 atom stereocenters. The number of fused-ring (bicyclic) bond motifs is 1. The van der Waals surface area contributed by atoms with Gasteiger partial charge in [0.05, 0.1) is 0 Å². The molecule has 4 heterocycles. The van der Waals surface area contributed by atoms with Crippen molar-refractivity contribution in [3.8, 4) is 11.3 Å². The summed E-state index contributed by atoms with van der Waals surface area (Å²) in [5, 5.41) is 5.89. The molecule has 0 amide bonds. The van der Waals surface area contributed by atoms with Crippen LogP contribution in [0.1, 0.15) is 36.9 Å². The van der Waals surface area contributed by atoms with E-state index in [1.165, 1.54) is 47.2 Å². The van der Waals surface area contributed by atoms with Gasteiger partial charge < -0.3 is 14.8 Å². The quantitative estimate of drug-likeness (QED) is 0.360. The normalized spacial score (nSPS) is 14.1. The lowest BCUT2D eigenvalue weighted by Crippen LogP contribution is -2.30. The summed E-state index contributed by atoms with van der Waals surface area (Å²) in [5.74, 6) is 2.08. The Labute approximate surface area is 196 Å². The fourth-order valence-corrected chi connectivity index (χ4v) is 4.72. The second-order valence-electron chi connectivity index (χ2n) is 9.15. The van der Waals surface area contributed by atoms with Gasteiger partial charge in [0.1, 0.15) is 11.6 Å². The van der Waals surface area contributed by atoms with Crippen molar-refractivity contribution in [2.24, 2.45) is 7.05 Å². The van der Waals surface area contributed by atoms with Crippen molar-refractivity contribution in [3.05, 3.63) is 72.2 Å². The first-order valence-corrected chi connectivity index (χ1v) is 12.1. The maximum absolute atomic E-state index is 4.62. The van der Waals surface area contributed by atoms with Gasteiger partial charge in [-0.1, -0.05) is 12.1 Å². The van der Waals surface area contributed by atoms with Gasteiger partial charge in [0.2, 0.25) is 0 Å². The minimum absolute atomic E-state index is 0.899. The molecule has 1 aliphatic heterocycles. The Morgan fingerprint density at radius 1 is 0.909 bits per heavy atom. The van der Waals surface area contributed by atoms with Gasteiger partial charge in [-0.25, -0.2) is 9.97 Å². The summed E-state index contributed by atoms with van der Waals surface area (Å²) in [6, 6.07) is 17.5. The molecule has 3 aromatic heterocycles. The molecule has 5 rings (SSSR count). The van der Waals surface area contributed by atoms with Crippen LogP contribution in [-0.2, 0) is 13.5 Å². The zero-order valence-electron chi connectivity index (χ0n) is 19.7. The van der Waals surface area contributed by atoms with E-state index in [1.807, 2.05) is 12.4 Å². The molecule has 0 spiro atoms. The molecule has 0 unspecified atom stereocenters. The average molecular weight is 440 g/mol. The standard InChI is InChI=1S/C28H33N5/c1-21-8-11-26(32(21)2)23-9-10-24-20-31-27(19-25(24)18-23)29-13-6-7-22-12-14-30-28(17-22)33-15-4-3-5-16-33/h8-12,14,17-20H,3-7,13,15-16H2,1-2H3,(H,29,31). The first-order chi connectivity index (χ1) is 16.2. The Hall–Kier alpha value is -3.34. The van der Waals surface area contributed by atoms with Gasteiger partial charge in [0.25, 0.3) is 0 Å². The molecule has 0 aliphatic carbocycles. The summed E-state index contributed by atoms with van der Waals surface area (Å²) in [4.78, 5) is 11.6. The SMILES string of the molecule is Cc1ccc(-c2ccc3cnc(NCCCc4ccnc(N5CCCCC5)c4)cc3c2)n1C. The monoisotopic (exact) mass is 439 g/mol. The maximum Gasteiger partial charge on any atom is 0.128 e. The van der Waals surface area contributed by atoms with E-state index in [2.05, 4.69) is 87.3 Å². The zero-order chi connectivity index (χ0) is 22.6. The van der Waals surface area contributed by atoms with Crippen LogP contribution in [0.2, 0.25) is 0 Å². The highest BCUT2D eigenvalue weighted by Gasteiger charge is 2.12. The van der Waals surface area contributed by atoms with E-state index >= 15 is 0 Å². The summed E-state index contributed by atoms with van der Waals surface area (Å²) in [6.07, 6.45) is 9.93. The highest BCUT2D eigenvalue weighted by Crippen LogP contribution is 2.26. The molecule has 5 heteroatoms. The van der Waals surface area contributed by atoms with E-state index in [1.54, 1.807) is 0 Å². The van der Waals surface area contributed by atoms with Gasteiger partial charge in [-0.15, -0.1) is 0 Å². The van der Waals surface area contributed by atoms with Gasteiger partial charge in [-0.2, -0.15) is 0 Å². The highest BCUT2D eigenvalue weighted by molar-refractivity contribution is 5.88. The van der Waals surface area contributed by atoms with Gasteiger partial charge >= 0.3 is 0 Å². The number of nitrogens with one attached hydrogen (secondary N) is 1. The Balaban J connectivity index is 1.21. The number of pyridine rings is 2. The summed E-state index contributed by atoms with van der Waals surface area (Å²) in [6.45, 7) is 5.31. The van der Waals surface area contributed by atoms with Crippen LogP contribution in [-0.4, -0.2) is 34.2 Å². The average Bonchev–Trinajstić information content (AvgIpc) is 3.20. The van der Waals surface area contributed by atoms with Crippen LogP contribution in [0.5, 0.6) is 0 Å². The van der Waals surface area contributed by atoms with Crippen molar-refractivity contribution in [2.75, 3.05) is 29.9 Å². The lowest BCUT2D eigenvalue weighted by Gasteiger charge is -2.27. The van der Waals surface area contributed by atoms with Crippen molar-refractivity contribution in [2.45, 2.75) is 39.0 Å². The number of nitrogens with zero attached hydrogens (tertiary/aromatic N) is 4. The van der Waals surface area contributed by atoms with Crippen LogP contribution in [0.25, 0.3) is 22.0 Å². The molecule has 0 saturated carbocycles. The molecule has 4 aromatic rings. The first kappa shape index (κ1) is 21.5. The van der Waals surface area contributed by atoms with Gasteiger partial charge in [-0.3, -0.25) is 0 Å². The van der Waals surface area contributed by atoms with Crippen molar-refractivity contribution in [1.82, 2.24) is 14.5 Å². The van der Waals surface area contributed by atoms with Crippen LogP contribution < -0.4 is 10.2 Å². The van der Waals surface area contributed by atoms with Gasteiger partial charge in [0, 0.05) is 55.8 Å². The number of rotatable bonds is 7. The van der Waals surface area contributed by atoms with Crippen molar-refractivity contribution in [3.63, 3.8) is 0 Å². The molecule has 1 fully saturated rings. The summed E-state index contributed by atoms with van der Waals surface area (Å²) in [5.41, 5.74) is 5.10. The summed E-state index contributed by atoms with van der Waals surface area (Å²) >= 11 is 0. The third-order valence-electron chi connectivity index (χ3n) is 6.83. The Morgan fingerprint density at radius 2 is 1.79 bits per heavy atom. The minimum Gasteiger partial charge on any atom is -0.370 e. The highest BCUT2D eigenvalue weighted by atomic mass is 15.2. The number of aromatic nitrogens is 3. The van der Waals surface area contributed by atoms with Crippen molar-refractivity contribution >= 4 is 22.4 Å². The first-order valence-electron chi connectivity index (χ1n) is 12.1. The van der Waals surface area contributed by atoms with Crippen LogP contribution in [0.3, 0.4) is 0 Å². The number of aryl methyl sites for hydroxylation is 2. The lowest BCUT2D eigenvalue weighted by atomic mass is 10.1. The van der Waals surface area contributed by atoms with Crippen LogP contribution in [0, 0.1) is 6.92 Å². The van der Waals surface area contributed by atoms with E-state index in [-0.39, 0.29) is 0 Å². The van der Waals surface area contributed by atoms with Gasteiger partial charge in [0.15, 0.2) is 0 Å². The zero-order valence-corrected chi connectivity index (χ0v) is 19.7. The Bertz CT molecular complexity index is 1240. The molecule has 33 heavy (non-hydrogen) atoms. The third-order valence-corrected chi connectivity index (χ3v) is 6.83. The molecule has 0 radical (unpaired) electrons. The lowest BCUT2D eigenvalue weighted by molar-refractivity contribution is 0.573. The van der Waals surface area contributed by atoms with E-state index in [9.17, 15) is 0 Å². The van der Waals surface area contributed by atoms with Crippen molar-refractivity contribution in [1.29, 1.82) is 0 Å². The number of anilines is 2. The second kappa shape index (κ2) is 9.65. The molecule has 0 bridgehead atoms.